The first-order chi connectivity index (χ1) is 24.5. The predicted octanol–water partition coefficient (Wildman–Crippen LogP) is 1.23. The molecule has 7 heterocycles. The Balaban J connectivity index is 0.949. The van der Waals surface area contributed by atoms with Crippen LogP contribution in [-0.4, -0.2) is 96.8 Å². The number of rotatable bonds is 6. The minimum atomic E-state index is -1.90. The Hall–Kier alpha value is -5.41. The number of primary amides is 1. The molecule has 1 aromatic carbocycles. The number of pyridine rings is 2. The summed E-state index contributed by atoms with van der Waals surface area (Å²) in [5.41, 5.74) is 7.01. The van der Waals surface area contributed by atoms with Gasteiger partial charge in [-0.2, -0.15) is 0 Å². The summed E-state index contributed by atoms with van der Waals surface area (Å²) in [6, 6.07) is 10.3. The summed E-state index contributed by atoms with van der Waals surface area (Å²) in [4.78, 5) is 62.0. The molecule has 4 aliphatic rings. The summed E-state index contributed by atoms with van der Waals surface area (Å²) in [7, 11) is 0. The number of aromatic hydroxyl groups is 1. The number of phenolic OH excluding ortho intramolecular Hbond substituents is 1. The van der Waals surface area contributed by atoms with E-state index in [1.54, 1.807) is 41.8 Å². The van der Waals surface area contributed by atoms with Crippen molar-refractivity contribution in [2.75, 3.05) is 44.2 Å². The number of aliphatic hydroxyl groups is 1. The zero-order valence-electron chi connectivity index (χ0n) is 28.2. The van der Waals surface area contributed by atoms with Gasteiger partial charge in [-0.1, -0.05) is 6.92 Å². The lowest BCUT2D eigenvalue weighted by molar-refractivity contribution is -0.172. The fourth-order valence-electron chi connectivity index (χ4n) is 7.85. The number of benzene rings is 1. The van der Waals surface area contributed by atoms with E-state index in [0.717, 1.165) is 16.5 Å². The van der Waals surface area contributed by atoms with Gasteiger partial charge in [0.05, 0.1) is 29.0 Å². The van der Waals surface area contributed by atoms with Crippen LogP contribution < -0.4 is 16.2 Å². The molecule has 2 fully saturated rings. The zero-order valence-corrected chi connectivity index (χ0v) is 28.2. The van der Waals surface area contributed by atoms with Gasteiger partial charge in [0.1, 0.15) is 12.4 Å². The molecular formula is C36H38N8O7. The maximum Gasteiger partial charge on any atom is 0.343 e. The van der Waals surface area contributed by atoms with Crippen LogP contribution in [0.2, 0.25) is 0 Å². The minimum Gasteiger partial charge on any atom is -0.508 e. The van der Waals surface area contributed by atoms with Gasteiger partial charge in [0, 0.05) is 73.8 Å². The number of cyclic esters (lactones) is 1. The Kier molecular flexibility index (Phi) is 7.98. The van der Waals surface area contributed by atoms with Crippen LogP contribution in [0.25, 0.3) is 22.3 Å². The van der Waals surface area contributed by atoms with E-state index in [9.17, 15) is 29.4 Å². The fraction of sp³-hybridized carbons (Fsp3) is 0.417. The number of fused-ring (bicyclic) bond motifs is 5. The van der Waals surface area contributed by atoms with Gasteiger partial charge < -0.3 is 35.1 Å². The number of nitrogens with zero attached hydrogens (tertiary/aromatic N) is 7. The highest BCUT2D eigenvalue weighted by Crippen LogP contribution is 2.40. The molecule has 4 aliphatic heterocycles. The third-order valence-electron chi connectivity index (χ3n) is 10.9. The molecule has 1 atom stereocenters. The molecule has 15 heteroatoms. The van der Waals surface area contributed by atoms with Crippen molar-refractivity contribution in [3.63, 3.8) is 0 Å². The zero-order chi connectivity index (χ0) is 35.6. The van der Waals surface area contributed by atoms with E-state index >= 15 is 0 Å². The summed E-state index contributed by atoms with van der Waals surface area (Å²) >= 11 is 0. The van der Waals surface area contributed by atoms with Gasteiger partial charge in [-0.3, -0.25) is 19.3 Å². The second kappa shape index (κ2) is 12.4. The molecule has 0 aliphatic carbocycles. The highest BCUT2D eigenvalue weighted by molar-refractivity contribution is 5.91. The average molecular weight is 695 g/mol. The summed E-state index contributed by atoms with van der Waals surface area (Å²) in [5.74, 6) is -0.503. The number of amides is 2. The van der Waals surface area contributed by atoms with Crippen molar-refractivity contribution >= 4 is 34.5 Å². The van der Waals surface area contributed by atoms with Crippen molar-refractivity contribution in [2.45, 2.75) is 51.5 Å². The molecule has 0 saturated carbocycles. The van der Waals surface area contributed by atoms with E-state index in [4.69, 9.17) is 15.5 Å². The highest BCUT2D eigenvalue weighted by Gasteiger charge is 2.45. The first-order valence-electron chi connectivity index (χ1n) is 17.3. The number of ether oxygens (including phenoxy) is 1. The molecular weight excluding hydrogens is 656 g/mol. The minimum absolute atomic E-state index is 0.0667. The average Bonchev–Trinajstić information content (AvgIpc) is 3.51. The van der Waals surface area contributed by atoms with Gasteiger partial charge in [0.25, 0.3) is 11.5 Å². The van der Waals surface area contributed by atoms with E-state index in [-0.39, 0.29) is 59.5 Å². The van der Waals surface area contributed by atoms with Gasteiger partial charge in [0.2, 0.25) is 5.91 Å². The maximum absolute atomic E-state index is 13.6. The Bertz CT molecular complexity index is 2150. The van der Waals surface area contributed by atoms with E-state index in [2.05, 4.69) is 20.0 Å². The number of hydrogen-bond acceptors (Lipinski definition) is 12. The van der Waals surface area contributed by atoms with Crippen molar-refractivity contribution in [2.24, 2.45) is 11.7 Å². The first kappa shape index (κ1) is 32.8. The van der Waals surface area contributed by atoms with Gasteiger partial charge in [-0.05, 0) is 55.7 Å². The molecule has 51 heavy (non-hydrogen) atoms. The lowest BCUT2D eigenvalue weighted by atomic mass is 9.86. The lowest BCUT2D eigenvalue weighted by Crippen LogP contribution is -2.51. The van der Waals surface area contributed by atoms with E-state index < -0.39 is 17.5 Å². The van der Waals surface area contributed by atoms with Crippen LogP contribution in [-0.2, 0) is 39.6 Å². The smallest absolute Gasteiger partial charge is 0.343 e. The Morgan fingerprint density at radius 2 is 1.78 bits per heavy atom. The number of hydrogen-bond donors (Lipinski definition) is 3. The maximum atomic E-state index is 13.6. The predicted molar refractivity (Wildman–Crippen MR) is 184 cm³/mol. The Morgan fingerprint density at radius 3 is 2.47 bits per heavy atom. The molecule has 15 nitrogen and oxygen atoms in total. The van der Waals surface area contributed by atoms with Crippen molar-refractivity contribution in [3.8, 4) is 17.1 Å². The van der Waals surface area contributed by atoms with Crippen molar-refractivity contribution in [1.29, 1.82) is 0 Å². The molecule has 3 aromatic heterocycles. The lowest BCUT2D eigenvalue weighted by Gasteiger charge is -2.38. The summed E-state index contributed by atoms with van der Waals surface area (Å²) in [6.45, 7) is 5.99. The van der Waals surface area contributed by atoms with E-state index in [0.29, 0.717) is 81.4 Å². The molecule has 2 saturated heterocycles. The van der Waals surface area contributed by atoms with Crippen LogP contribution >= 0.6 is 0 Å². The van der Waals surface area contributed by atoms with Crippen LogP contribution in [0.1, 0.15) is 58.9 Å². The summed E-state index contributed by atoms with van der Waals surface area (Å²) in [6.07, 6.45) is 1.46. The Morgan fingerprint density at radius 1 is 1.02 bits per heavy atom. The number of esters is 1. The summed E-state index contributed by atoms with van der Waals surface area (Å²) < 4.78 is 6.78. The molecule has 4 N–H and O–H groups in total. The number of phenols is 1. The second-order valence-electron chi connectivity index (χ2n) is 13.7. The van der Waals surface area contributed by atoms with Crippen LogP contribution in [0.3, 0.4) is 0 Å². The van der Waals surface area contributed by atoms with Gasteiger partial charge in [-0.25, -0.2) is 9.78 Å². The molecule has 0 radical (unpaired) electrons. The number of carbonyl (C=O) groups is 3. The topological polar surface area (TPSA) is 197 Å². The second-order valence-corrected chi connectivity index (χ2v) is 13.7. The molecule has 0 unspecified atom stereocenters. The van der Waals surface area contributed by atoms with E-state index in [1.807, 2.05) is 11.0 Å². The number of anilines is 1. The molecule has 0 bridgehead atoms. The summed E-state index contributed by atoms with van der Waals surface area (Å²) in [5, 5.41) is 31.0. The van der Waals surface area contributed by atoms with Crippen LogP contribution in [0, 0.1) is 5.92 Å². The normalized spacial score (nSPS) is 20.5. The fourth-order valence-corrected chi connectivity index (χ4v) is 7.85. The SMILES string of the molecule is CC[C@@]1(O)C(=O)OCc2c1cc1n(c2=O)Cc2cc3c(CN4CCN(C(=O)C5CCN(c6ccc(C(N)=O)nn6)CC5)CC4)c(O)ccc3nc2-1. The molecule has 0 spiro atoms. The molecule has 264 valence electrons. The van der Waals surface area contributed by atoms with Crippen LogP contribution in [0.15, 0.2) is 41.2 Å². The van der Waals surface area contributed by atoms with Crippen LogP contribution in [0.4, 0.5) is 5.82 Å². The monoisotopic (exact) mass is 694 g/mol. The standard InChI is InChI=1S/C36H38N8O7/c1-2-36(50)25-16-28-31-21(17-44(28)34(48)24(25)19-51-35(36)49)15-22-23(29(45)5-3-26(22)38-31)18-41-11-13-43(14-12-41)33(47)20-7-9-42(10-8-20)30-6-4-27(32(37)46)39-40-30/h3-6,15-16,20,45,50H,2,7-14,17-19H2,1H3,(H2,37,46)/t36-/m0/s1. The molecule has 2 amide bonds. The number of nitrogens with two attached hydrogens (primary N) is 1. The van der Waals surface area contributed by atoms with E-state index in [1.165, 1.54) is 0 Å². The number of piperazine rings is 1. The van der Waals surface area contributed by atoms with Gasteiger partial charge >= 0.3 is 5.97 Å². The van der Waals surface area contributed by atoms with Crippen molar-refractivity contribution in [3.05, 3.63) is 74.7 Å². The third-order valence-corrected chi connectivity index (χ3v) is 10.9. The van der Waals surface area contributed by atoms with Crippen LogP contribution in [0.5, 0.6) is 5.75 Å². The number of aromatic nitrogens is 4. The third kappa shape index (κ3) is 5.47. The number of carbonyl (C=O) groups excluding carboxylic acids is 3. The molecule has 4 aromatic rings. The highest BCUT2D eigenvalue weighted by atomic mass is 16.6. The largest absolute Gasteiger partial charge is 0.508 e. The number of piperidine rings is 1. The van der Waals surface area contributed by atoms with Crippen molar-refractivity contribution in [1.82, 2.24) is 29.5 Å². The quantitative estimate of drug-likeness (QED) is 0.215. The first-order valence-corrected chi connectivity index (χ1v) is 17.3. The van der Waals surface area contributed by atoms with Gasteiger partial charge in [0.15, 0.2) is 17.1 Å². The van der Waals surface area contributed by atoms with Gasteiger partial charge in [-0.15, -0.1) is 10.2 Å². The van der Waals surface area contributed by atoms with Crippen molar-refractivity contribution < 1.29 is 29.3 Å². The molecule has 8 rings (SSSR count). The Labute approximate surface area is 292 Å².